The molecule has 37 heavy (non-hydrogen) atoms. The van der Waals surface area contributed by atoms with E-state index in [0.717, 1.165) is 0 Å². The molecular formula is C12F21NO3. The summed E-state index contributed by atoms with van der Waals surface area (Å²) in [5, 5.41) is 0. The molecule has 4 nitrogen and oxygen atoms in total. The zero-order valence-corrected chi connectivity index (χ0v) is 15.6. The molecule has 3 amide bonds. The zero-order chi connectivity index (χ0) is 30.8. The highest BCUT2D eigenvalue weighted by Crippen LogP contribution is 2.52. The first-order chi connectivity index (χ1) is 15.6. The van der Waals surface area contributed by atoms with Crippen LogP contribution in [0.3, 0.4) is 0 Å². The number of hydrogen-bond acceptors (Lipinski definition) is 3. The molecule has 25 heteroatoms. The predicted octanol–water partition coefficient (Wildman–Crippen LogP) is 5.37. The van der Waals surface area contributed by atoms with Gasteiger partial charge in [-0.25, -0.2) is 4.90 Å². The van der Waals surface area contributed by atoms with Gasteiger partial charge in [-0.3, -0.25) is 14.4 Å². The lowest BCUT2D eigenvalue weighted by Crippen LogP contribution is -2.70. The van der Waals surface area contributed by atoms with Crippen LogP contribution in [0.2, 0.25) is 0 Å². The van der Waals surface area contributed by atoms with E-state index in [0.29, 0.717) is 0 Å². The maximum atomic E-state index is 13.4. The van der Waals surface area contributed by atoms with Gasteiger partial charge in [0.2, 0.25) is 0 Å². The summed E-state index contributed by atoms with van der Waals surface area (Å²) in [6, 6.07) is 0. The number of imide groups is 3. The van der Waals surface area contributed by atoms with Crippen LogP contribution in [-0.4, -0.2) is 76.7 Å². The number of carbonyl (C=O) groups is 3. The van der Waals surface area contributed by atoms with E-state index in [-0.39, 0.29) is 0 Å². The minimum absolute atomic E-state index is 4.13. The molecule has 0 aliphatic heterocycles. The monoisotopic (exact) mass is 605 g/mol. The fourth-order valence-electron chi connectivity index (χ4n) is 1.63. The molecule has 0 aliphatic carbocycles. The Morgan fingerprint density at radius 1 is 0.324 bits per heavy atom. The Morgan fingerprint density at radius 3 is 0.568 bits per heavy atom. The molecule has 0 radical (unpaired) electrons. The highest BCUT2D eigenvalue weighted by molar-refractivity contribution is 6.17. The quantitative estimate of drug-likeness (QED) is 0.383. The molecule has 0 atom stereocenters. The van der Waals surface area contributed by atoms with Gasteiger partial charge in [-0.1, -0.05) is 0 Å². The molecule has 0 aromatic carbocycles. The van der Waals surface area contributed by atoms with Crippen molar-refractivity contribution in [3.63, 3.8) is 0 Å². The van der Waals surface area contributed by atoms with Crippen molar-refractivity contribution in [2.45, 2.75) is 54.1 Å². The number of nitrogens with zero attached hydrogens (tertiary/aromatic N) is 1. The molecule has 0 heterocycles. The summed E-state index contributed by atoms with van der Waals surface area (Å²) in [5.74, 6) is -65.7. The second-order valence-corrected chi connectivity index (χ2v) is 6.19. The second kappa shape index (κ2) is 8.69. The molecule has 0 saturated carbocycles. The van der Waals surface area contributed by atoms with Crippen LogP contribution in [0.1, 0.15) is 0 Å². The molecule has 0 aliphatic rings. The van der Waals surface area contributed by atoms with Gasteiger partial charge in [0.05, 0.1) is 0 Å². The molecule has 0 aromatic rings. The van der Waals surface area contributed by atoms with Crippen LogP contribution in [0.15, 0.2) is 0 Å². The third kappa shape index (κ3) is 4.95. The van der Waals surface area contributed by atoms with Crippen LogP contribution in [0.4, 0.5) is 92.2 Å². The van der Waals surface area contributed by atoms with Gasteiger partial charge >= 0.3 is 71.8 Å². The van der Waals surface area contributed by atoms with E-state index < -0.39 is 76.7 Å². The van der Waals surface area contributed by atoms with Crippen molar-refractivity contribution < 1.29 is 107 Å². The number of amides is 3. The second-order valence-electron chi connectivity index (χ2n) is 6.19. The third-order valence-electron chi connectivity index (χ3n) is 3.67. The van der Waals surface area contributed by atoms with Crippen LogP contribution in [0, 0.1) is 0 Å². The predicted molar refractivity (Wildman–Crippen MR) is 64.7 cm³/mol. The molecule has 0 fully saturated rings. The lowest BCUT2D eigenvalue weighted by Gasteiger charge is -2.35. The number of carbonyl (C=O) groups excluding carboxylic acids is 3. The van der Waals surface area contributed by atoms with Gasteiger partial charge in [0.1, 0.15) is 0 Å². The van der Waals surface area contributed by atoms with Gasteiger partial charge in [-0.2, -0.15) is 92.2 Å². The Kier molecular flexibility index (Phi) is 8.07. The summed E-state index contributed by atoms with van der Waals surface area (Å²) in [6.45, 7) is 0. The van der Waals surface area contributed by atoms with E-state index in [2.05, 4.69) is 0 Å². The Hall–Kier alpha value is -2.66. The molecule has 0 spiro atoms. The standard InChI is InChI=1S/C12F21NO3/c13-4(14,7(19,20)10(25,26)27)1(35)34(2(36)5(15,16)8(21,22)11(28,29)30)3(37)6(17,18)9(23,24)12(31,32)33. The fourth-order valence-corrected chi connectivity index (χ4v) is 1.63. The van der Waals surface area contributed by atoms with Crippen LogP contribution in [0.5, 0.6) is 0 Å². The van der Waals surface area contributed by atoms with Gasteiger partial charge < -0.3 is 0 Å². The minimum atomic E-state index is -8.16. The van der Waals surface area contributed by atoms with Crippen LogP contribution < -0.4 is 0 Å². The SMILES string of the molecule is O=C(N(C(=O)C(F)(F)C(F)(F)C(F)(F)F)C(=O)C(F)(F)C(F)(F)C(F)(F)F)C(F)(F)C(F)(F)C(F)(F)F. The van der Waals surface area contributed by atoms with Crippen molar-refractivity contribution in [3.8, 4) is 0 Å². The van der Waals surface area contributed by atoms with Crippen LogP contribution in [0.25, 0.3) is 0 Å². The average Bonchev–Trinajstić information content (AvgIpc) is 2.64. The minimum Gasteiger partial charge on any atom is -0.267 e. The van der Waals surface area contributed by atoms with Gasteiger partial charge in [-0.15, -0.1) is 0 Å². The first-order valence-electron chi connectivity index (χ1n) is 7.50. The largest absolute Gasteiger partial charge is 0.460 e. The molecule has 0 unspecified atom stereocenters. The fraction of sp³-hybridized carbons (Fsp3) is 0.750. The molecule has 218 valence electrons. The Balaban J connectivity index is 7.48. The summed E-state index contributed by atoms with van der Waals surface area (Å²) in [4.78, 5) is 29.5. The molecule has 0 aromatic heterocycles. The van der Waals surface area contributed by atoms with Crippen LogP contribution >= 0.6 is 0 Å². The van der Waals surface area contributed by atoms with E-state index in [4.69, 9.17) is 0 Å². The van der Waals surface area contributed by atoms with Crippen molar-refractivity contribution in [1.82, 2.24) is 4.90 Å². The highest BCUT2D eigenvalue weighted by Gasteiger charge is 2.84. The summed E-state index contributed by atoms with van der Waals surface area (Å²) >= 11 is 0. The highest BCUT2D eigenvalue weighted by atomic mass is 19.4. The maximum Gasteiger partial charge on any atom is 0.460 e. The van der Waals surface area contributed by atoms with Gasteiger partial charge in [0, 0.05) is 0 Å². The zero-order valence-electron chi connectivity index (χ0n) is 15.6. The maximum absolute atomic E-state index is 13.4. The van der Waals surface area contributed by atoms with Crippen molar-refractivity contribution in [2.24, 2.45) is 0 Å². The Labute approximate surface area is 184 Å². The Morgan fingerprint density at radius 2 is 0.459 bits per heavy atom. The van der Waals surface area contributed by atoms with E-state index in [9.17, 15) is 107 Å². The Bertz CT molecular complexity index is 804. The van der Waals surface area contributed by atoms with Gasteiger partial charge in [0.15, 0.2) is 0 Å². The van der Waals surface area contributed by atoms with Crippen molar-refractivity contribution in [3.05, 3.63) is 0 Å². The van der Waals surface area contributed by atoms with Crippen molar-refractivity contribution >= 4 is 17.7 Å². The number of rotatable bonds is 6. The molecule has 0 N–H and O–H groups in total. The number of hydrogen-bond donors (Lipinski definition) is 0. The topological polar surface area (TPSA) is 54.5 Å². The van der Waals surface area contributed by atoms with Crippen molar-refractivity contribution in [2.75, 3.05) is 0 Å². The normalized spacial score (nSPS) is 15.5. The molecule has 0 saturated heterocycles. The first kappa shape index (κ1) is 34.3. The third-order valence-corrected chi connectivity index (χ3v) is 3.67. The van der Waals surface area contributed by atoms with Crippen LogP contribution in [-0.2, 0) is 14.4 Å². The number of halogens is 21. The van der Waals surface area contributed by atoms with Gasteiger partial charge in [0.25, 0.3) is 0 Å². The van der Waals surface area contributed by atoms with E-state index in [1.807, 2.05) is 0 Å². The number of alkyl halides is 21. The first-order valence-corrected chi connectivity index (χ1v) is 7.50. The summed E-state index contributed by atoms with van der Waals surface area (Å²) in [5.41, 5.74) is 0. The summed E-state index contributed by atoms with van der Waals surface area (Å²) in [7, 11) is 0. The average molecular weight is 605 g/mol. The van der Waals surface area contributed by atoms with E-state index >= 15 is 0 Å². The van der Waals surface area contributed by atoms with Gasteiger partial charge in [-0.05, 0) is 0 Å². The molecule has 0 bridgehead atoms. The summed E-state index contributed by atoms with van der Waals surface area (Å²) in [6.07, 6.45) is -23.6. The molecule has 0 rings (SSSR count). The lowest BCUT2D eigenvalue weighted by molar-refractivity contribution is -0.353. The lowest BCUT2D eigenvalue weighted by atomic mass is 10.0. The van der Waals surface area contributed by atoms with E-state index in [1.54, 1.807) is 0 Å². The van der Waals surface area contributed by atoms with E-state index in [1.165, 1.54) is 0 Å². The molecular weight excluding hydrogens is 605 g/mol. The smallest absolute Gasteiger partial charge is 0.267 e. The summed E-state index contributed by atoms with van der Waals surface area (Å²) < 4.78 is 267. The van der Waals surface area contributed by atoms with Crippen molar-refractivity contribution in [1.29, 1.82) is 0 Å².